The number of hydrogen-bond acceptors (Lipinski definition) is 4. The highest BCUT2D eigenvalue weighted by atomic mass is 32.1. The molecule has 0 spiro atoms. The largest absolute Gasteiger partial charge is 0.396 e. The number of aliphatic hydroxyl groups is 1. The summed E-state index contributed by atoms with van der Waals surface area (Å²) in [5, 5.41) is 23.9. The van der Waals surface area contributed by atoms with Crippen molar-refractivity contribution in [3.05, 3.63) is 66.1 Å². The van der Waals surface area contributed by atoms with Gasteiger partial charge in [0.25, 0.3) is 0 Å². The van der Waals surface area contributed by atoms with Crippen LogP contribution in [0.4, 0.5) is 0 Å². The van der Waals surface area contributed by atoms with Crippen LogP contribution >= 0.6 is 12.6 Å². The number of aliphatic hydroxyl groups excluding tert-OH is 1. The minimum atomic E-state index is -0.260. The second kappa shape index (κ2) is 21.8. The van der Waals surface area contributed by atoms with Crippen molar-refractivity contribution in [2.45, 2.75) is 106 Å². The molecule has 3 N–H and O–H groups in total. The van der Waals surface area contributed by atoms with E-state index in [1.807, 2.05) is 58.9 Å². The number of aromatic amines is 1. The molecule has 38 heavy (non-hydrogen) atoms. The van der Waals surface area contributed by atoms with Crippen LogP contribution in [0.5, 0.6) is 0 Å². The third-order valence-corrected chi connectivity index (χ3v) is 6.67. The summed E-state index contributed by atoms with van der Waals surface area (Å²) in [5.41, 5.74) is 4.17. The third kappa shape index (κ3) is 14.2. The first-order chi connectivity index (χ1) is 18.2. The van der Waals surface area contributed by atoms with E-state index in [4.69, 9.17) is 5.41 Å². The Bertz CT molecular complexity index is 872. The van der Waals surface area contributed by atoms with Crippen LogP contribution in [0.1, 0.15) is 113 Å². The smallest absolute Gasteiger partial charge is 0.0728 e. The zero-order valence-electron chi connectivity index (χ0n) is 25.9. The van der Waals surface area contributed by atoms with E-state index in [1.54, 1.807) is 12.3 Å². The third-order valence-electron chi connectivity index (χ3n) is 6.37. The highest BCUT2D eigenvalue weighted by Crippen LogP contribution is 2.32. The van der Waals surface area contributed by atoms with Crippen LogP contribution in [0.2, 0.25) is 0 Å². The lowest BCUT2D eigenvalue weighted by Crippen LogP contribution is -2.23. The van der Waals surface area contributed by atoms with Crippen LogP contribution in [0.3, 0.4) is 0 Å². The van der Waals surface area contributed by atoms with Crippen LogP contribution in [0.15, 0.2) is 54.8 Å². The van der Waals surface area contributed by atoms with Crippen LogP contribution < -0.4 is 0 Å². The molecule has 1 aromatic heterocycles. The zero-order valence-corrected chi connectivity index (χ0v) is 26.8. The number of thiol groups is 1. The Hall–Kier alpha value is -2.11. The summed E-state index contributed by atoms with van der Waals surface area (Å²) in [4.78, 5) is 0. The highest BCUT2D eigenvalue weighted by Gasteiger charge is 2.23. The van der Waals surface area contributed by atoms with Gasteiger partial charge in [-0.3, -0.25) is 5.10 Å². The second-order valence-corrected chi connectivity index (χ2v) is 10.5. The van der Waals surface area contributed by atoms with Crippen molar-refractivity contribution in [2.75, 3.05) is 6.61 Å². The van der Waals surface area contributed by atoms with Gasteiger partial charge in [-0.15, -0.1) is 0 Å². The number of hydrogen-bond donors (Lipinski definition) is 4. The molecule has 216 valence electrons. The molecule has 1 aromatic rings. The molecule has 0 aliphatic heterocycles. The maximum absolute atomic E-state index is 9.20. The summed E-state index contributed by atoms with van der Waals surface area (Å²) < 4.78 is -0.260. The van der Waals surface area contributed by atoms with Crippen molar-refractivity contribution >= 4 is 30.0 Å². The fraction of sp³-hybridized carbons (Fsp3) is 0.576. The van der Waals surface area contributed by atoms with E-state index in [2.05, 4.69) is 75.7 Å². The molecule has 0 saturated carbocycles. The van der Waals surface area contributed by atoms with E-state index in [1.165, 1.54) is 25.5 Å². The highest BCUT2D eigenvalue weighted by molar-refractivity contribution is 7.82. The predicted molar refractivity (Wildman–Crippen MR) is 175 cm³/mol. The minimum Gasteiger partial charge on any atom is -0.396 e. The Labute approximate surface area is 240 Å². The molecule has 5 heteroatoms. The van der Waals surface area contributed by atoms with Gasteiger partial charge in [0.05, 0.1) is 11.9 Å². The van der Waals surface area contributed by atoms with Crippen molar-refractivity contribution in [2.24, 2.45) is 11.3 Å². The van der Waals surface area contributed by atoms with Crippen molar-refractivity contribution in [3.63, 3.8) is 0 Å². The van der Waals surface area contributed by atoms with Crippen molar-refractivity contribution in [3.8, 4) is 0 Å². The van der Waals surface area contributed by atoms with Gasteiger partial charge in [0, 0.05) is 23.1 Å². The summed E-state index contributed by atoms with van der Waals surface area (Å²) in [6.45, 7) is 21.2. The number of aromatic nitrogens is 2. The standard InChI is InChI=1S/C19H23N3S.C10H22O.2C2H6/c1-14(2)6-7-15(9-12-20)17-13-21-22-18(17)16-5-4-10-19(3,23)11-8-16;1-4-7-8-10(5-2,6-3)9-11;2*1-2/h4-14,20,23H,1-3H3,(H,21,22);11H,4-9H2,1-3H3;2*1-2H3/b7-6-,15-9+,20-12?;;;. The van der Waals surface area contributed by atoms with Crippen LogP contribution in [0.25, 0.3) is 11.1 Å². The summed E-state index contributed by atoms with van der Waals surface area (Å²) >= 11 is 4.60. The molecule has 1 heterocycles. The Balaban J connectivity index is 0. The molecule has 2 rings (SSSR count). The molecule has 0 aromatic carbocycles. The Kier molecular flexibility index (Phi) is 21.8. The lowest BCUT2D eigenvalue weighted by molar-refractivity contribution is 0.103. The summed E-state index contributed by atoms with van der Waals surface area (Å²) in [5.74, 6) is 0.448. The van der Waals surface area contributed by atoms with Crippen molar-refractivity contribution in [1.82, 2.24) is 10.2 Å². The van der Waals surface area contributed by atoms with Crippen LogP contribution in [-0.2, 0) is 0 Å². The molecule has 1 aliphatic carbocycles. The second-order valence-electron chi connectivity index (χ2n) is 9.56. The van der Waals surface area contributed by atoms with E-state index in [-0.39, 0.29) is 10.2 Å². The van der Waals surface area contributed by atoms with Gasteiger partial charge in [0.2, 0.25) is 0 Å². The average molecular weight is 544 g/mol. The number of unbranched alkanes of at least 4 members (excludes halogenated alkanes) is 1. The first-order valence-electron chi connectivity index (χ1n) is 14.5. The van der Waals surface area contributed by atoms with Gasteiger partial charge >= 0.3 is 0 Å². The molecule has 0 saturated heterocycles. The normalized spacial score (nSPS) is 17.0. The monoisotopic (exact) mass is 543 g/mol. The maximum Gasteiger partial charge on any atom is 0.0728 e. The first-order valence-corrected chi connectivity index (χ1v) is 15.0. The maximum atomic E-state index is 9.20. The van der Waals surface area contributed by atoms with Crippen LogP contribution in [0, 0.1) is 16.7 Å². The first kappa shape index (κ1) is 38.0. The molecular formula is C33H57N3OS. The van der Waals surface area contributed by atoms with Gasteiger partial charge < -0.3 is 10.5 Å². The fourth-order valence-electron chi connectivity index (χ4n) is 3.69. The van der Waals surface area contributed by atoms with Gasteiger partial charge in [-0.25, -0.2) is 0 Å². The lowest BCUT2D eigenvalue weighted by Gasteiger charge is -2.29. The number of H-pyrrole nitrogens is 1. The fourth-order valence-corrected chi connectivity index (χ4v) is 3.85. The molecule has 0 bridgehead atoms. The van der Waals surface area contributed by atoms with E-state index in [0.717, 1.165) is 35.2 Å². The molecule has 1 atom stereocenters. The van der Waals surface area contributed by atoms with E-state index in [0.29, 0.717) is 12.5 Å². The Morgan fingerprint density at radius 3 is 2.29 bits per heavy atom. The van der Waals surface area contributed by atoms with Gasteiger partial charge in [0.1, 0.15) is 0 Å². The number of allylic oxidation sites excluding steroid dienone is 8. The quantitative estimate of drug-likeness (QED) is 0.127. The lowest BCUT2D eigenvalue weighted by atomic mass is 9.79. The number of rotatable bonds is 11. The molecular weight excluding hydrogens is 486 g/mol. The summed E-state index contributed by atoms with van der Waals surface area (Å²) in [7, 11) is 0. The van der Waals surface area contributed by atoms with Crippen molar-refractivity contribution < 1.29 is 5.11 Å². The van der Waals surface area contributed by atoms with E-state index < -0.39 is 0 Å². The SMILES string of the molecule is CC.CC.CC(C)/C=C\C(=C/C=N)c1cn[nH]c1C1=CC=CC(C)(S)C=C1.CCCCC(CC)(CC)CO. The average Bonchev–Trinajstić information content (AvgIpc) is 3.34. The van der Waals surface area contributed by atoms with Crippen LogP contribution in [-0.4, -0.2) is 32.9 Å². The number of nitrogens with one attached hydrogen (secondary N) is 2. The Morgan fingerprint density at radius 2 is 1.79 bits per heavy atom. The molecule has 1 aliphatic rings. The predicted octanol–water partition coefficient (Wildman–Crippen LogP) is 9.88. The molecule has 1 unspecified atom stereocenters. The molecule has 0 amide bonds. The minimum absolute atomic E-state index is 0.232. The zero-order chi connectivity index (χ0) is 29.6. The summed E-state index contributed by atoms with van der Waals surface area (Å²) in [6.07, 6.45) is 25.2. The Morgan fingerprint density at radius 1 is 1.16 bits per heavy atom. The van der Waals surface area contributed by atoms with Gasteiger partial charge in [0.15, 0.2) is 0 Å². The van der Waals surface area contributed by atoms with E-state index >= 15 is 0 Å². The molecule has 0 fully saturated rings. The molecule has 4 nitrogen and oxygen atoms in total. The number of nitrogens with zero attached hydrogens (tertiary/aromatic N) is 1. The van der Waals surface area contributed by atoms with Gasteiger partial charge in [-0.05, 0) is 54.7 Å². The van der Waals surface area contributed by atoms with E-state index in [9.17, 15) is 5.11 Å². The van der Waals surface area contributed by atoms with Gasteiger partial charge in [-0.2, -0.15) is 17.7 Å². The van der Waals surface area contributed by atoms with Crippen molar-refractivity contribution in [1.29, 1.82) is 5.41 Å². The summed E-state index contributed by atoms with van der Waals surface area (Å²) in [6, 6.07) is 0. The molecule has 0 radical (unpaired) electrons. The topological polar surface area (TPSA) is 72.8 Å². The van der Waals surface area contributed by atoms with Gasteiger partial charge in [-0.1, -0.05) is 118 Å².